The standard InChI is InChI=1S/C55H36S/c1-55(2)47-32-37(28-29-45(47)51-52-46-22-12-13-23-48(46)56-54(52)44-21-11-10-20-43(44)53(51)55)35-24-25-36-31-38(27-26-34(36)30-35)50-41-18-8-6-16-39(41)49(33-14-4-3-5-15-33)40-17-7-9-19-42(40)50/h3-32H,1-2H3. The van der Waals surface area contributed by atoms with Crippen LogP contribution in [0.5, 0.6) is 0 Å². The predicted molar refractivity (Wildman–Crippen MR) is 243 cm³/mol. The van der Waals surface area contributed by atoms with E-state index in [9.17, 15) is 0 Å². The fourth-order valence-electron chi connectivity index (χ4n) is 10.1. The molecule has 11 aromatic rings. The molecule has 1 aromatic heterocycles. The fraction of sp³-hybridized carbons (Fsp3) is 0.0545. The molecular weight excluding hydrogens is 693 g/mol. The highest BCUT2D eigenvalue weighted by molar-refractivity contribution is 7.26. The summed E-state index contributed by atoms with van der Waals surface area (Å²) in [6, 6.07) is 68.0. The van der Waals surface area contributed by atoms with Gasteiger partial charge in [0, 0.05) is 25.6 Å². The topological polar surface area (TPSA) is 0 Å². The van der Waals surface area contributed by atoms with Crippen molar-refractivity contribution in [2.45, 2.75) is 19.3 Å². The largest absolute Gasteiger partial charge is 0.135 e. The molecule has 1 heterocycles. The van der Waals surface area contributed by atoms with E-state index in [4.69, 9.17) is 0 Å². The van der Waals surface area contributed by atoms with E-state index in [2.05, 4.69) is 196 Å². The summed E-state index contributed by atoms with van der Waals surface area (Å²) in [5.74, 6) is 0. The Morgan fingerprint density at radius 2 is 0.875 bits per heavy atom. The highest BCUT2D eigenvalue weighted by Crippen LogP contribution is 2.57. The third-order valence-electron chi connectivity index (χ3n) is 12.6. The predicted octanol–water partition coefficient (Wildman–Crippen LogP) is 16.0. The Bertz CT molecular complexity index is 3380. The molecule has 262 valence electrons. The van der Waals surface area contributed by atoms with Crippen molar-refractivity contribution in [3.8, 4) is 44.5 Å². The highest BCUT2D eigenvalue weighted by atomic mass is 32.1. The first-order valence-corrected chi connectivity index (χ1v) is 20.4. The number of rotatable bonds is 3. The third kappa shape index (κ3) is 4.41. The van der Waals surface area contributed by atoms with Crippen molar-refractivity contribution >= 4 is 74.6 Å². The molecule has 0 aliphatic heterocycles. The van der Waals surface area contributed by atoms with Crippen LogP contribution in [0.15, 0.2) is 182 Å². The van der Waals surface area contributed by atoms with E-state index >= 15 is 0 Å². The van der Waals surface area contributed by atoms with E-state index in [1.165, 1.54) is 119 Å². The summed E-state index contributed by atoms with van der Waals surface area (Å²) in [4.78, 5) is 0. The van der Waals surface area contributed by atoms with Crippen LogP contribution in [0.4, 0.5) is 0 Å². The summed E-state index contributed by atoms with van der Waals surface area (Å²) in [6.45, 7) is 4.85. The second-order valence-electron chi connectivity index (χ2n) is 16.0. The number of thiophene rings is 1. The fourth-order valence-corrected chi connectivity index (χ4v) is 11.3. The Labute approximate surface area is 329 Å². The molecule has 0 atom stereocenters. The van der Waals surface area contributed by atoms with E-state index in [1.807, 2.05) is 11.3 Å². The molecule has 0 saturated heterocycles. The van der Waals surface area contributed by atoms with Crippen LogP contribution in [0.3, 0.4) is 0 Å². The minimum Gasteiger partial charge on any atom is -0.135 e. The molecule has 56 heavy (non-hydrogen) atoms. The van der Waals surface area contributed by atoms with E-state index in [1.54, 1.807) is 0 Å². The van der Waals surface area contributed by atoms with Crippen LogP contribution >= 0.6 is 11.3 Å². The molecule has 0 radical (unpaired) electrons. The highest BCUT2D eigenvalue weighted by Gasteiger charge is 2.39. The summed E-state index contributed by atoms with van der Waals surface area (Å²) in [5, 5.41) is 13.1. The minimum atomic E-state index is -0.148. The van der Waals surface area contributed by atoms with Crippen molar-refractivity contribution in [1.82, 2.24) is 0 Å². The molecule has 10 aromatic carbocycles. The molecule has 1 aliphatic carbocycles. The number of hydrogen-bond donors (Lipinski definition) is 0. The molecule has 0 nitrogen and oxygen atoms in total. The Balaban J connectivity index is 1.00. The van der Waals surface area contributed by atoms with Gasteiger partial charge in [-0.05, 0) is 123 Å². The van der Waals surface area contributed by atoms with Gasteiger partial charge in [0.1, 0.15) is 0 Å². The van der Waals surface area contributed by atoms with E-state index in [0.29, 0.717) is 0 Å². The van der Waals surface area contributed by atoms with Crippen molar-refractivity contribution < 1.29 is 0 Å². The number of hydrogen-bond acceptors (Lipinski definition) is 1. The van der Waals surface area contributed by atoms with Gasteiger partial charge < -0.3 is 0 Å². The Morgan fingerprint density at radius 1 is 0.375 bits per heavy atom. The van der Waals surface area contributed by atoms with Crippen molar-refractivity contribution in [2.24, 2.45) is 0 Å². The van der Waals surface area contributed by atoms with Gasteiger partial charge >= 0.3 is 0 Å². The van der Waals surface area contributed by atoms with Gasteiger partial charge in [-0.3, -0.25) is 0 Å². The number of benzene rings is 10. The minimum absolute atomic E-state index is 0.148. The first-order chi connectivity index (χ1) is 27.5. The van der Waals surface area contributed by atoms with Crippen molar-refractivity contribution in [3.63, 3.8) is 0 Å². The monoisotopic (exact) mass is 728 g/mol. The lowest BCUT2D eigenvalue weighted by Gasteiger charge is -2.24. The van der Waals surface area contributed by atoms with Crippen LogP contribution in [-0.2, 0) is 5.41 Å². The molecule has 12 rings (SSSR count). The first kappa shape index (κ1) is 31.8. The van der Waals surface area contributed by atoms with Gasteiger partial charge in [-0.2, -0.15) is 0 Å². The normalized spacial score (nSPS) is 13.3. The molecule has 0 N–H and O–H groups in total. The molecular formula is C55H36S. The van der Waals surface area contributed by atoms with Crippen LogP contribution in [0.2, 0.25) is 0 Å². The maximum Gasteiger partial charge on any atom is 0.0440 e. The molecule has 1 aliphatic rings. The average Bonchev–Trinajstić information content (AvgIpc) is 3.75. The summed E-state index contributed by atoms with van der Waals surface area (Å²) in [6.07, 6.45) is 0. The molecule has 1 heteroatoms. The van der Waals surface area contributed by atoms with Crippen molar-refractivity contribution in [2.75, 3.05) is 0 Å². The second-order valence-corrected chi connectivity index (χ2v) is 17.0. The summed E-state index contributed by atoms with van der Waals surface area (Å²) >= 11 is 1.93. The molecule has 0 bridgehead atoms. The van der Waals surface area contributed by atoms with E-state index in [-0.39, 0.29) is 5.41 Å². The molecule has 0 spiro atoms. The Hall–Kier alpha value is -6.54. The van der Waals surface area contributed by atoms with Gasteiger partial charge in [-0.15, -0.1) is 11.3 Å². The lowest BCUT2D eigenvalue weighted by molar-refractivity contribution is 0.667. The van der Waals surface area contributed by atoms with E-state index < -0.39 is 0 Å². The number of fused-ring (bicyclic) bond motifs is 13. The van der Waals surface area contributed by atoms with Gasteiger partial charge in [0.25, 0.3) is 0 Å². The van der Waals surface area contributed by atoms with Crippen LogP contribution in [-0.4, -0.2) is 0 Å². The molecule has 0 fully saturated rings. The lowest BCUT2D eigenvalue weighted by Crippen LogP contribution is -2.15. The zero-order valence-electron chi connectivity index (χ0n) is 31.2. The third-order valence-corrected chi connectivity index (χ3v) is 13.8. The zero-order valence-corrected chi connectivity index (χ0v) is 32.0. The SMILES string of the molecule is CC1(C)c2cc(-c3ccc4cc(-c5c6ccccc6c(-c6ccccc6)c6ccccc56)ccc4c3)ccc2-c2c1c1ccccc1c1sc3ccccc3c21. The van der Waals surface area contributed by atoms with Crippen molar-refractivity contribution in [1.29, 1.82) is 0 Å². The van der Waals surface area contributed by atoms with Gasteiger partial charge in [0.05, 0.1) is 0 Å². The van der Waals surface area contributed by atoms with Gasteiger partial charge in [-0.25, -0.2) is 0 Å². The second kappa shape index (κ2) is 11.7. The smallest absolute Gasteiger partial charge is 0.0440 e. The Kier molecular flexibility index (Phi) is 6.66. The van der Waals surface area contributed by atoms with Crippen LogP contribution < -0.4 is 0 Å². The molecule has 0 amide bonds. The van der Waals surface area contributed by atoms with Gasteiger partial charge in [0.2, 0.25) is 0 Å². The summed E-state index contributed by atoms with van der Waals surface area (Å²) in [7, 11) is 0. The Morgan fingerprint density at radius 3 is 1.55 bits per heavy atom. The van der Waals surface area contributed by atoms with Crippen molar-refractivity contribution in [3.05, 3.63) is 193 Å². The van der Waals surface area contributed by atoms with E-state index in [0.717, 1.165) is 0 Å². The van der Waals surface area contributed by atoms with Gasteiger partial charge in [0.15, 0.2) is 0 Å². The average molecular weight is 729 g/mol. The maximum atomic E-state index is 2.48. The molecule has 0 saturated carbocycles. The lowest BCUT2D eigenvalue weighted by atomic mass is 9.79. The first-order valence-electron chi connectivity index (χ1n) is 19.6. The zero-order chi connectivity index (χ0) is 37.1. The van der Waals surface area contributed by atoms with Crippen LogP contribution in [0.25, 0.3) is 108 Å². The van der Waals surface area contributed by atoms with Crippen LogP contribution in [0, 0.1) is 0 Å². The summed E-state index contributed by atoms with van der Waals surface area (Å²) < 4.78 is 2.75. The maximum absolute atomic E-state index is 2.48. The van der Waals surface area contributed by atoms with Crippen LogP contribution in [0.1, 0.15) is 25.0 Å². The quantitative estimate of drug-likeness (QED) is 0.159. The summed E-state index contributed by atoms with van der Waals surface area (Å²) in [5.41, 5.74) is 13.1. The molecule has 0 unspecified atom stereocenters. The van der Waals surface area contributed by atoms with Gasteiger partial charge in [-0.1, -0.05) is 172 Å².